The highest BCUT2D eigenvalue weighted by molar-refractivity contribution is 5.82. The zero-order chi connectivity index (χ0) is 13.1. The average Bonchev–Trinajstić information content (AvgIpc) is 2.83. The van der Waals surface area contributed by atoms with Crippen LogP contribution in [0.3, 0.4) is 0 Å². The predicted molar refractivity (Wildman–Crippen MR) is 80.2 cm³/mol. The molecular formula is C17H25N2+. The minimum atomic E-state index is 0.869. The number of para-hydroxylation sites is 1. The largest absolute Gasteiger partial charge is 0.361 e. The molecule has 1 saturated carbocycles. The molecule has 0 aliphatic heterocycles. The third-order valence-electron chi connectivity index (χ3n) is 4.57. The summed E-state index contributed by atoms with van der Waals surface area (Å²) in [5, 5.41) is 3.98. The van der Waals surface area contributed by atoms with Crippen molar-refractivity contribution in [2.45, 2.75) is 45.1 Å². The van der Waals surface area contributed by atoms with E-state index in [1.807, 2.05) is 0 Å². The standard InChI is InChI=1S/C17H24N2/c1-13-5-4-6-15(11-13)18-10-9-14-12-19-17-8-3-2-7-16(14)17/h2-3,7-8,12-13,15,18-19H,4-6,9-11H2,1H3/p+1/t13-,15+/m1/s1. The highest BCUT2D eigenvalue weighted by atomic mass is 14.9. The molecule has 19 heavy (non-hydrogen) atoms. The lowest BCUT2D eigenvalue weighted by molar-refractivity contribution is -0.692. The van der Waals surface area contributed by atoms with Crippen LogP contribution in [-0.2, 0) is 6.42 Å². The van der Waals surface area contributed by atoms with Gasteiger partial charge in [0, 0.05) is 29.9 Å². The van der Waals surface area contributed by atoms with Crippen LogP contribution in [0.25, 0.3) is 10.9 Å². The molecule has 1 aromatic heterocycles. The van der Waals surface area contributed by atoms with Crippen molar-refractivity contribution < 1.29 is 5.32 Å². The number of quaternary nitrogens is 1. The van der Waals surface area contributed by atoms with E-state index in [1.54, 1.807) is 0 Å². The molecule has 0 unspecified atom stereocenters. The quantitative estimate of drug-likeness (QED) is 0.844. The van der Waals surface area contributed by atoms with Gasteiger partial charge in [-0.3, -0.25) is 0 Å². The fourth-order valence-corrected chi connectivity index (χ4v) is 3.51. The van der Waals surface area contributed by atoms with Crippen molar-refractivity contribution >= 4 is 10.9 Å². The van der Waals surface area contributed by atoms with Crippen LogP contribution < -0.4 is 5.32 Å². The second-order valence-corrected chi connectivity index (χ2v) is 6.17. The fraction of sp³-hybridized carbons (Fsp3) is 0.529. The first-order valence-corrected chi connectivity index (χ1v) is 7.71. The Morgan fingerprint density at radius 3 is 3.05 bits per heavy atom. The van der Waals surface area contributed by atoms with Crippen molar-refractivity contribution in [2.75, 3.05) is 6.54 Å². The van der Waals surface area contributed by atoms with Gasteiger partial charge < -0.3 is 10.3 Å². The van der Waals surface area contributed by atoms with Gasteiger partial charge in [-0.1, -0.05) is 31.5 Å². The predicted octanol–water partition coefficient (Wildman–Crippen LogP) is 2.85. The highest BCUT2D eigenvalue weighted by Crippen LogP contribution is 2.21. The number of rotatable bonds is 4. The van der Waals surface area contributed by atoms with Crippen LogP contribution in [0.2, 0.25) is 0 Å². The molecule has 1 heterocycles. The topological polar surface area (TPSA) is 32.4 Å². The van der Waals surface area contributed by atoms with Gasteiger partial charge in [0.25, 0.3) is 0 Å². The molecule has 0 amide bonds. The molecule has 1 aliphatic rings. The zero-order valence-corrected chi connectivity index (χ0v) is 11.9. The highest BCUT2D eigenvalue weighted by Gasteiger charge is 2.20. The molecular weight excluding hydrogens is 232 g/mol. The van der Waals surface area contributed by atoms with E-state index in [0.717, 1.165) is 12.0 Å². The minimum Gasteiger partial charge on any atom is -0.361 e. The van der Waals surface area contributed by atoms with Crippen LogP contribution in [0.4, 0.5) is 0 Å². The lowest BCUT2D eigenvalue weighted by Gasteiger charge is -2.24. The van der Waals surface area contributed by atoms with Crippen LogP contribution >= 0.6 is 0 Å². The first kappa shape index (κ1) is 12.7. The number of benzene rings is 1. The molecule has 2 atom stereocenters. The summed E-state index contributed by atoms with van der Waals surface area (Å²) in [6.45, 7) is 3.62. The molecule has 2 aromatic rings. The molecule has 1 aliphatic carbocycles. The first-order valence-electron chi connectivity index (χ1n) is 7.71. The molecule has 3 rings (SSSR count). The average molecular weight is 257 g/mol. The second-order valence-electron chi connectivity index (χ2n) is 6.17. The van der Waals surface area contributed by atoms with Crippen LogP contribution in [0.15, 0.2) is 30.5 Å². The zero-order valence-electron chi connectivity index (χ0n) is 11.9. The molecule has 0 radical (unpaired) electrons. The summed E-state index contributed by atoms with van der Waals surface area (Å²) in [6, 6.07) is 9.48. The molecule has 1 fully saturated rings. The van der Waals surface area contributed by atoms with Gasteiger partial charge in [-0.05, 0) is 30.4 Å². The van der Waals surface area contributed by atoms with Crippen LogP contribution in [0.1, 0.15) is 38.2 Å². The van der Waals surface area contributed by atoms with Gasteiger partial charge in [0.1, 0.15) is 0 Å². The Balaban J connectivity index is 1.55. The summed E-state index contributed by atoms with van der Waals surface area (Å²) in [7, 11) is 0. The monoisotopic (exact) mass is 257 g/mol. The van der Waals surface area contributed by atoms with E-state index < -0.39 is 0 Å². The Morgan fingerprint density at radius 1 is 1.26 bits per heavy atom. The van der Waals surface area contributed by atoms with Crippen molar-refractivity contribution in [1.29, 1.82) is 0 Å². The van der Waals surface area contributed by atoms with Gasteiger partial charge in [-0.25, -0.2) is 0 Å². The number of fused-ring (bicyclic) bond motifs is 1. The maximum Gasteiger partial charge on any atom is 0.0861 e. The Hall–Kier alpha value is -1.28. The van der Waals surface area contributed by atoms with Crippen molar-refractivity contribution in [1.82, 2.24) is 4.98 Å². The van der Waals surface area contributed by atoms with E-state index in [9.17, 15) is 0 Å². The van der Waals surface area contributed by atoms with Crippen molar-refractivity contribution in [3.8, 4) is 0 Å². The molecule has 0 saturated heterocycles. The number of nitrogens with one attached hydrogen (secondary N) is 1. The third kappa shape index (κ3) is 3.01. The summed E-state index contributed by atoms with van der Waals surface area (Å²) >= 11 is 0. The second kappa shape index (κ2) is 5.79. The van der Waals surface area contributed by atoms with E-state index in [4.69, 9.17) is 0 Å². The summed E-state index contributed by atoms with van der Waals surface area (Å²) in [5.41, 5.74) is 2.74. The van der Waals surface area contributed by atoms with Crippen molar-refractivity contribution in [2.24, 2.45) is 5.92 Å². The Labute approximate surface area is 115 Å². The molecule has 0 bridgehead atoms. The van der Waals surface area contributed by atoms with Crippen molar-refractivity contribution in [3.05, 3.63) is 36.0 Å². The summed E-state index contributed by atoms with van der Waals surface area (Å²) in [5.74, 6) is 0.933. The van der Waals surface area contributed by atoms with E-state index in [2.05, 4.69) is 47.7 Å². The number of hydrogen-bond donors (Lipinski definition) is 2. The molecule has 1 aromatic carbocycles. The molecule has 2 nitrogen and oxygen atoms in total. The lowest BCUT2D eigenvalue weighted by Crippen LogP contribution is -2.90. The van der Waals surface area contributed by atoms with Gasteiger partial charge in [0.15, 0.2) is 0 Å². The Morgan fingerprint density at radius 2 is 2.16 bits per heavy atom. The maximum atomic E-state index is 3.37. The van der Waals surface area contributed by atoms with Crippen LogP contribution in [0, 0.1) is 5.92 Å². The summed E-state index contributed by atoms with van der Waals surface area (Å²) < 4.78 is 0. The summed E-state index contributed by atoms with van der Waals surface area (Å²) in [6.07, 6.45) is 9.05. The Kier molecular flexibility index (Phi) is 3.88. The first-order chi connectivity index (χ1) is 9.33. The van der Waals surface area contributed by atoms with E-state index in [1.165, 1.54) is 55.1 Å². The van der Waals surface area contributed by atoms with E-state index in [-0.39, 0.29) is 0 Å². The summed E-state index contributed by atoms with van der Waals surface area (Å²) in [4.78, 5) is 3.37. The van der Waals surface area contributed by atoms with Crippen LogP contribution in [0.5, 0.6) is 0 Å². The van der Waals surface area contributed by atoms with E-state index >= 15 is 0 Å². The molecule has 2 heteroatoms. The lowest BCUT2D eigenvalue weighted by atomic mass is 9.87. The number of aromatic nitrogens is 1. The smallest absolute Gasteiger partial charge is 0.0861 e. The normalized spacial score (nSPS) is 23.8. The van der Waals surface area contributed by atoms with Gasteiger partial charge in [-0.15, -0.1) is 0 Å². The number of aromatic amines is 1. The SMILES string of the molecule is C[C@@H]1CCC[C@H]([NH2+]CCc2c[nH]c3ccccc23)C1. The van der Waals surface area contributed by atoms with E-state index in [0.29, 0.717) is 0 Å². The van der Waals surface area contributed by atoms with Gasteiger partial charge in [0.2, 0.25) is 0 Å². The number of H-pyrrole nitrogens is 1. The number of nitrogens with two attached hydrogens (primary N) is 1. The molecule has 3 N–H and O–H groups in total. The fourth-order valence-electron chi connectivity index (χ4n) is 3.51. The molecule has 0 spiro atoms. The Bertz CT molecular complexity index is 529. The maximum absolute atomic E-state index is 3.37. The van der Waals surface area contributed by atoms with Gasteiger partial charge in [-0.2, -0.15) is 0 Å². The van der Waals surface area contributed by atoms with Gasteiger partial charge in [0.05, 0.1) is 12.6 Å². The number of hydrogen-bond acceptors (Lipinski definition) is 0. The minimum absolute atomic E-state index is 0.869. The van der Waals surface area contributed by atoms with Gasteiger partial charge >= 0.3 is 0 Å². The van der Waals surface area contributed by atoms with Crippen molar-refractivity contribution in [3.63, 3.8) is 0 Å². The van der Waals surface area contributed by atoms with Crippen LogP contribution in [-0.4, -0.2) is 17.6 Å². The third-order valence-corrected chi connectivity index (χ3v) is 4.57. The molecule has 102 valence electrons.